The molecule has 0 heterocycles. The summed E-state index contributed by atoms with van der Waals surface area (Å²) in [7, 11) is 0. The lowest BCUT2D eigenvalue weighted by molar-refractivity contribution is -0.293. The van der Waals surface area contributed by atoms with E-state index in [4.69, 9.17) is 15.3 Å². The highest BCUT2D eigenvalue weighted by Gasteiger charge is 2.25. The number of aromatic carboxylic acids is 1. The Morgan fingerprint density at radius 1 is 1.17 bits per heavy atom. The number of halogens is 2. The average molecular weight is 384 g/mol. The van der Waals surface area contributed by atoms with Crippen LogP contribution >= 0.6 is 31.9 Å². The molecule has 0 radical (unpaired) electrons. The van der Waals surface area contributed by atoms with Gasteiger partial charge in [-0.3, -0.25) is 0 Å². The fourth-order valence-electron chi connectivity index (χ4n) is 1.10. The van der Waals surface area contributed by atoms with Crippen LogP contribution in [0.25, 0.3) is 0 Å². The summed E-state index contributed by atoms with van der Waals surface area (Å²) in [5, 5.41) is 26.7. The number of carboxylic acid groups (broad SMARTS) is 1. The van der Waals surface area contributed by atoms with Crippen LogP contribution in [0.5, 0.6) is 0 Å². The second-order valence-corrected chi connectivity index (χ2v) is 5.15. The standard InChI is InChI=1S/C10H8Br2O6/c1-10(16,17)18-9(15)5-3-6(11)4(8(13)14)2-7(5)12/h2-3,16-17H,1H3,(H,13,14). The Kier molecular flexibility index (Phi) is 4.49. The minimum Gasteiger partial charge on any atom is -0.478 e. The molecule has 18 heavy (non-hydrogen) atoms. The molecule has 0 spiro atoms. The molecule has 1 rings (SSSR count). The van der Waals surface area contributed by atoms with Crippen LogP contribution < -0.4 is 0 Å². The lowest BCUT2D eigenvalue weighted by atomic mass is 10.1. The first-order valence-corrected chi connectivity index (χ1v) is 6.11. The monoisotopic (exact) mass is 382 g/mol. The summed E-state index contributed by atoms with van der Waals surface area (Å²) in [4.78, 5) is 22.4. The van der Waals surface area contributed by atoms with Crippen molar-refractivity contribution in [3.63, 3.8) is 0 Å². The summed E-state index contributed by atoms with van der Waals surface area (Å²) in [5.41, 5.74) is -0.0876. The largest absolute Gasteiger partial charge is 0.478 e. The molecule has 8 heteroatoms. The highest BCUT2D eigenvalue weighted by molar-refractivity contribution is 9.11. The molecule has 1 aromatic rings. The van der Waals surface area contributed by atoms with Crippen molar-refractivity contribution in [3.8, 4) is 0 Å². The van der Waals surface area contributed by atoms with Gasteiger partial charge in [-0.05, 0) is 44.0 Å². The number of esters is 1. The number of ether oxygens (including phenoxy) is 1. The summed E-state index contributed by atoms with van der Waals surface area (Å²) in [6.07, 6.45) is 0. The molecule has 0 aliphatic heterocycles. The second-order valence-electron chi connectivity index (χ2n) is 3.44. The number of rotatable bonds is 3. The normalized spacial score (nSPS) is 11.2. The number of carbonyl (C=O) groups excluding carboxylic acids is 1. The maximum Gasteiger partial charge on any atom is 0.343 e. The summed E-state index contributed by atoms with van der Waals surface area (Å²) in [6, 6.07) is 2.41. The first kappa shape index (κ1) is 15.1. The van der Waals surface area contributed by atoms with Gasteiger partial charge in [-0.1, -0.05) is 0 Å². The van der Waals surface area contributed by atoms with Crippen molar-refractivity contribution in [2.75, 3.05) is 0 Å². The van der Waals surface area contributed by atoms with E-state index < -0.39 is 17.9 Å². The van der Waals surface area contributed by atoms with E-state index in [1.807, 2.05) is 0 Å². The van der Waals surface area contributed by atoms with Crippen LogP contribution in [0, 0.1) is 0 Å². The van der Waals surface area contributed by atoms with E-state index >= 15 is 0 Å². The molecule has 0 bridgehead atoms. The van der Waals surface area contributed by atoms with Crippen LogP contribution in [0.1, 0.15) is 27.6 Å². The number of aliphatic hydroxyl groups is 2. The number of hydrogen-bond acceptors (Lipinski definition) is 5. The summed E-state index contributed by atoms with van der Waals surface area (Å²) >= 11 is 6.00. The molecule has 1 aromatic carbocycles. The maximum atomic E-state index is 11.6. The van der Waals surface area contributed by atoms with Gasteiger partial charge in [0.05, 0.1) is 11.1 Å². The van der Waals surface area contributed by atoms with Crippen LogP contribution in [-0.2, 0) is 4.74 Å². The summed E-state index contributed by atoms with van der Waals surface area (Å²) in [6.45, 7) is 0.874. The van der Waals surface area contributed by atoms with E-state index in [-0.39, 0.29) is 20.1 Å². The Labute approximate surface area is 118 Å². The highest BCUT2D eigenvalue weighted by Crippen LogP contribution is 2.27. The van der Waals surface area contributed by atoms with Gasteiger partial charge in [0, 0.05) is 15.9 Å². The van der Waals surface area contributed by atoms with Gasteiger partial charge in [0.1, 0.15) is 0 Å². The predicted octanol–water partition coefficient (Wildman–Crippen LogP) is 1.72. The van der Waals surface area contributed by atoms with E-state index in [1.54, 1.807) is 0 Å². The molecular weight excluding hydrogens is 376 g/mol. The van der Waals surface area contributed by atoms with Crippen molar-refractivity contribution in [2.24, 2.45) is 0 Å². The van der Waals surface area contributed by atoms with Gasteiger partial charge in [-0.25, -0.2) is 9.59 Å². The van der Waals surface area contributed by atoms with Crippen LogP contribution in [0.2, 0.25) is 0 Å². The number of carboxylic acids is 1. The average Bonchev–Trinajstić information content (AvgIpc) is 2.17. The Hall–Kier alpha value is -0.960. The van der Waals surface area contributed by atoms with Gasteiger partial charge in [-0.15, -0.1) is 0 Å². The first-order chi connectivity index (χ1) is 8.11. The van der Waals surface area contributed by atoms with Crippen molar-refractivity contribution in [2.45, 2.75) is 12.9 Å². The number of hydrogen-bond donors (Lipinski definition) is 3. The van der Waals surface area contributed by atoms with Crippen molar-refractivity contribution in [3.05, 3.63) is 32.2 Å². The molecule has 98 valence electrons. The molecule has 6 nitrogen and oxygen atoms in total. The topological polar surface area (TPSA) is 104 Å². The Morgan fingerprint density at radius 3 is 2.06 bits per heavy atom. The fourth-order valence-corrected chi connectivity index (χ4v) is 2.12. The Balaban J connectivity index is 3.16. The number of benzene rings is 1. The van der Waals surface area contributed by atoms with Crippen molar-refractivity contribution in [1.29, 1.82) is 0 Å². The van der Waals surface area contributed by atoms with Crippen LogP contribution in [-0.4, -0.2) is 33.2 Å². The van der Waals surface area contributed by atoms with E-state index in [2.05, 4.69) is 36.6 Å². The molecule has 0 fully saturated rings. The van der Waals surface area contributed by atoms with Crippen LogP contribution in [0.4, 0.5) is 0 Å². The summed E-state index contributed by atoms with van der Waals surface area (Å²) in [5.74, 6) is -4.78. The second kappa shape index (κ2) is 5.35. The van der Waals surface area contributed by atoms with Crippen molar-refractivity contribution < 1.29 is 29.6 Å². The van der Waals surface area contributed by atoms with Gasteiger partial charge in [0.15, 0.2) is 0 Å². The minimum absolute atomic E-state index is 0.0406. The van der Waals surface area contributed by atoms with E-state index in [0.29, 0.717) is 0 Å². The van der Waals surface area contributed by atoms with Gasteiger partial charge in [-0.2, -0.15) is 0 Å². The van der Waals surface area contributed by atoms with Crippen LogP contribution in [0.15, 0.2) is 21.1 Å². The molecule has 0 atom stereocenters. The molecule has 0 saturated heterocycles. The molecule has 3 N–H and O–H groups in total. The predicted molar refractivity (Wildman–Crippen MR) is 67.1 cm³/mol. The van der Waals surface area contributed by atoms with Gasteiger partial charge in [0.2, 0.25) is 0 Å². The Bertz CT molecular complexity index is 506. The Morgan fingerprint density at radius 2 is 1.61 bits per heavy atom. The zero-order valence-electron chi connectivity index (χ0n) is 8.98. The third-order valence-corrected chi connectivity index (χ3v) is 3.11. The molecule has 0 aromatic heterocycles. The van der Waals surface area contributed by atoms with Crippen molar-refractivity contribution >= 4 is 43.8 Å². The highest BCUT2D eigenvalue weighted by atomic mass is 79.9. The third kappa shape index (κ3) is 3.77. The first-order valence-electron chi connectivity index (χ1n) is 4.52. The molecule has 0 aliphatic rings. The number of carbonyl (C=O) groups is 2. The molecule has 0 amide bonds. The van der Waals surface area contributed by atoms with Gasteiger partial charge >= 0.3 is 17.9 Å². The zero-order valence-corrected chi connectivity index (χ0v) is 12.1. The van der Waals surface area contributed by atoms with Crippen LogP contribution in [0.3, 0.4) is 0 Å². The van der Waals surface area contributed by atoms with Gasteiger partial charge < -0.3 is 20.1 Å². The lowest BCUT2D eigenvalue weighted by Gasteiger charge is -2.16. The van der Waals surface area contributed by atoms with E-state index in [0.717, 1.165) is 6.92 Å². The molecule has 0 unspecified atom stereocenters. The van der Waals surface area contributed by atoms with E-state index in [9.17, 15) is 9.59 Å². The summed E-state index contributed by atoms with van der Waals surface area (Å²) < 4.78 is 4.67. The lowest BCUT2D eigenvalue weighted by Crippen LogP contribution is -2.30. The molecule has 0 saturated carbocycles. The molecular formula is C10H8Br2O6. The van der Waals surface area contributed by atoms with Gasteiger partial charge in [0.25, 0.3) is 0 Å². The van der Waals surface area contributed by atoms with Crippen molar-refractivity contribution in [1.82, 2.24) is 0 Å². The van der Waals surface area contributed by atoms with E-state index in [1.165, 1.54) is 12.1 Å². The fraction of sp³-hybridized carbons (Fsp3) is 0.200. The minimum atomic E-state index is -2.60. The maximum absolute atomic E-state index is 11.6. The third-order valence-electron chi connectivity index (χ3n) is 1.79. The quantitative estimate of drug-likeness (QED) is 0.542. The molecule has 0 aliphatic carbocycles. The smallest absolute Gasteiger partial charge is 0.343 e. The SMILES string of the molecule is CC(O)(O)OC(=O)c1cc(Br)c(C(=O)O)cc1Br. The zero-order chi connectivity index (χ0) is 14.1.